The topological polar surface area (TPSA) is 89.1 Å². The predicted molar refractivity (Wildman–Crippen MR) is 82.8 cm³/mol. The summed E-state index contributed by atoms with van der Waals surface area (Å²) in [5.41, 5.74) is 7.22. The van der Waals surface area contributed by atoms with Gasteiger partial charge in [-0.2, -0.15) is 0 Å². The van der Waals surface area contributed by atoms with E-state index in [4.69, 9.17) is 20.4 Å². The molecule has 116 valence electrons. The minimum atomic E-state index is 0.0291. The first-order valence-corrected chi connectivity index (χ1v) is 6.77. The molecule has 0 radical (unpaired) electrons. The molecule has 0 heterocycles. The summed E-state index contributed by atoms with van der Waals surface area (Å²) < 4.78 is 10.6. The van der Waals surface area contributed by atoms with E-state index in [0.29, 0.717) is 31.1 Å². The zero-order chi connectivity index (χ0) is 15.5. The third kappa shape index (κ3) is 5.85. The van der Waals surface area contributed by atoms with Gasteiger partial charge in [0.15, 0.2) is 5.84 Å². The van der Waals surface area contributed by atoms with E-state index >= 15 is 0 Å². The van der Waals surface area contributed by atoms with Crippen LogP contribution in [0.4, 0.5) is 0 Å². The molecule has 0 bridgehead atoms. The van der Waals surface area contributed by atoms with Crippen LogP contribution in [0.25, 0.3) is 0 Å². The molecule has 0 aromatic heterocycles. The number of nitrogens with two attached hydrogens (primary N) is 1. The van der Waals surface area contributed by atoms with Crippen LogP contribution < -0.4 is 15.8 Å². The molecule has 0 aliphatic carbocycles. The maximum absolute atomic E-state index is 8.78. The summed E-state index contributed by atoms with van der Waals surface area (Å²) in [4.78, 5) is 0. The zero-order valence-electron chi connectivity index (χ0n) is 12.3. The average Bonchev–Trinajstić information content (AvgIpc) is 2.53. The molecule has 0 atom stereocenters. The fraction of sp³-hybridized carbons (Fsp3) is 0.400. The van der Waals surface area contributed by atoms with Crippen LogP contribution in [-0.4, -0.2) is 37.9 Å². The van der Waals surface area contributed by atoms with E-state index in [-0.39, 0.29) is 5.84 Å². The summed E-state index contributed by atoms with van der Waals surface area (Å²) >= 11 is 0. The van der Waals surface area contributed by atoms with E-state index < -0.39 is 0 Å². The van der Waals surface area contributed by atoms with Crippen LogP contribution >= 0.6 is 0 Å². The number of oxime groups is 1. The number of nitrogens with zero attached hydrogens (tertiary/aromatic N) is 1. The molecule has 1 aromatic rings. The summed E-state index contributed by atoms with van der Waals surface area (Å²) in [5.74, 6) is 0.600. The second kappa shape index (κ2) is 9.79. The summed E-state index contributed by atoms with van der Waals surface area (Å²) in [7, 11) is 1.54. The standard InChI is InChI=1S/C15H23N3O3/c1-3-4-8-21-9-7-17-11-12-5-6-14(20-2)13(10-12)15(16)18-19/h3,5-6,10,17,19H,1,4,7-9,11H2,2H3,(H2,16,18). The van der Waals surface area contributed by atoms with E-state index in [1.807, 2.05) is 18.2 Å². The Morgan fingerprint density at radius 1 is 1.48 bits per heavy atom. The van der Waals surface area contributed by atoms with Crippen LogP contribution in [0.2, 0.25) is 0 Å². The number of benzene rings is 1. The highest BCUT2D eigenvalue weighted by Crippen LogP contribution is 2.19. The van der Waals surface area contributed by atoms with Gasteiger partial charge in [0.1, 0.15) is 5.75 Å². The van der Waals surface area contributed by atoms with Crippen molar-refractivity contribution >= 4 is 5.84 Å². The number of hydrogen-bond donors (Lipinski definition) is 3. The van der Waals surface area contributed by atoms with E-state index in [1.165, 1.54) is 0 Å². The van der Waals surface area contributed by atoms with Crippen molar-refractivity contribution in [3.8, 4) is 5.75 Å². The van der Waals surface area contributed by atoms with Crippen LogP contribution in [0.3, 0.4) is 0 Å². The summed E-state index contributed by atoms with van der Waals surface area (Å²) in [5, 5.41) is 15.1. The fourth-order valence-corrected chi connectivity index (χ4v) is 1.76. The van der Waals surface area contributed by atoms with Crippen molar-refractivity contribution in [2.24, 2.45) is 10.9 Å². The first-order valence-electron chi connectivity index (χ1n) is 6.77. The molecule has 6 nitrogen and oxygen atoms in total. The molecular weight excluding hydrogens is 270 g/mol. The number of amidine groups is 1. The van der Waals surface area contributed by atoms with Gasteiger partial charge in [0, 0.05) is 13.1 Å². The van der Waals surface area contributed by atoms with Gasteiger partial charge in [0.25, 0.3) is 0 Å². The van der Waals surface area contributed by atoms with E-state index in [0.717, 1.165) is 18.5 Å². The second-order valence-corrected chi connectivity index (χ2v) is 4.39. The molecule has 0 fully saturated rings. The molecule has 0 aliphatic heterocycles. The van der Waals surface area contributed by atoms with Crippen molar-refractivity contribution in [1.29, 1.82) is 0 Å². The highest BCUT2D eigenvalue weighted by molar-refractivity contribution is 5.99. The third-order valence-electron chi connectivity index (χ3n) is 2.87. The monoisotopic (exact) mass is 293 g/mol. The van der Waals surface area contributed by atoms with Gasteiger partial charge < -0.3 is 25.7 Å². The Bertz CT molecular complexity index is 475. The lowest BCUT2D eigenvalue weighted by Crippen LogP contribution is -2.20. The Labute approximate surface area is 125 Å². The lowest BCUT2D eigenvalue weighted by molar-refractivity contribution is 0.140. The zero-order valence-corrected chi connectivity index (χ0v) is 12.3. The van der Waals surface area contributed by atoms with E-state index in [1.54, 1.807) is 13.2 Å². The van der Waals surface area contributed by atoms with E-state index in [2.05, 4.69) is 17.1 Å². The van der Waals surface area contributed by atoms with Crippen LogP contribution in [0.15, 0.2) is 36.0 Å². The van der Waals surface area contributed by atoms with Crippen LogP contribution in [0, 0.1) is 0 Å². The number of methoxy groups -OCH3 is 1. The van der Waals surface area contributed by atoms with E-state index in [9.17, 15) is 0 Å². The molecule has 0 aliphatic rings. The van der Waals surface area contributed by atoms with Gasteiger partial charge in [-0.1, -0.05) is 17.3 Å². The lowest BCUT2D eigenvalue weighted by atomic mass is 10.1. The quantitative estimate of drug-likeness (QED) is 0.152. The van der Waals surface area contributed by atoms with Gasteiger partial charge >= 0.3 is 0 Å². The summed E-state index contributed by atoms with van der Waals surface area (Å²) in [6.07, 6.45) is 2.70. The molecule has 1 rings (SSSR count). The van der Waals surface area contributed by atoms with Crippen molar-refractivity contribution in [1.82, 2.24) is 5.32 Å². The summed E-state index contributed by atoms with van der Waals surface area (Å²) in [6.45, 7) is 6.40. The van der Waals surface area contributed by atoms with Crippen molar-refractivity contribution < 1.29 is 14.7 Å². The Morgan fingerprint density at radius 3 is 2.95 bits per heavy atom. The van der Waals surface area contributed by atoms with Gasteiger partial charge in [-0.05, 0) is 24.1 Å². The minimum absolute atomic E-state index is 0.0291. The molecular formula is C15H23N3O3. The Balaban J connectivity index is 2.47. The average molecular weight is 293 g/mol. The molecule has 0 spiro atoms. The second-order valence-electron chi connectivity index (χ2n) is 4.39. The molecule has 0 saturated carbocycles. The molecule has 21 heavy (non-hydrogen) atoms. The minimum Gasteiger partial charge on any atom is -0.496 e. The molecule has 0 saturated heterocycles. The third-order valence-corrected chi connectivity index (χ3v) is 2.87. The number of rotatable bonds is 10. The largest absolute Gasteiger partial charge is 0.496 e. The van der Waals surface area contributed by atoms with Crippen molar-refractivity contribution in [2.75, 3.05) is 26.9 Å². The highest BCUT2D eigenvalue weighted by Gasteiger charge is 2.08. The van der Waals surface area contributed by atoms with Gasteiger partial charge in [0.05, 0.1) is 25.9 Å². The molecule has 1 aromatic carbocycles. The van der Waals surface area contributed by atoms with Gasteiger partial charge in [-0.25, -0.2) is 0 Å². The van der Waals surface area contributed by atoms with Gasteiger partial charge in [0.2, 0.25) is 0 Å². The first kappa shape index (κ1) is 17.0. The van der Waals surface area contributed by atoms with Crippen molar-refractivity contribution in [3.63, 3.8) is 0 Å². The van der Waals surface area contributed by atoms with Crippen LogP contribution in [0.5, 0.6) is 5.75 Å². The Morgan fingerprint density at radius 2 is 2.29 bits per heavy atom. The normalized spacial score (nSPS) is 11.4. The van der Waals surface area contributed by atoms with Crippen molar-refractivity contribution in [2.45, 2.75) is 13.0 Å². The maximum Gasteiger partial charge on any atom is 0.173 e. The predicted octanol–water partition coefficient (Wildman–Crippen LogP) is 1.47. The number of hydrogen-bond acceptors (Lipinski definition) is 5. The van der Waals surface area contributed by atoms with Crippen LogP contribution in [-0.2, 0) is 11.3 Å². The SMILES string of the molecule is C=CCCOCCNCc1ccc(OC)c(/C(N)=N/O)c1. The molecule has 0 amide bonds. The van der Waals surface area contributed by atoms with Crippen LogP contribution in [0.1, 0.15) is 17.5 Å². The molecule has 0 unspecified atom stereocenters. The highest BCUT2D eigenvalue weighted by atomic mass is 16.5. The summed E-state index contributed by atoms with van der Waals surface area (Å²) in [6, 6.07) is 5.56. The van der Waals surface area contributed by atoms with Crippen molar-refractivity contribution in [3.05, 3.63) is 42.0 Å². The van der Waals surface area contributed by atoms with Gasteiger partial charge in [-0.15, -0.1) is 6.58 Å². The smallest absolute Gasteiger partial charge is 0.173 e. The molecule has 6 heteroatoms. The fourth-order valence-electron chi connectivity index (χ4n) is 1.76. The first-order chi connectivity index (χ1) is 10.2. The Hall–Kier alpha value is -2.05. The number of nitrogens with one attached hydrogen (secondary N) is 1. The lowest BCUT2D eigenvalue weighted by Gasteiger charge is -2.10. The Kier molecular flexibility index (Phi) is 7.93. The number of ether oxygens (including phenoxy) is 2. The van der Waals surface area contributed by atoms with Gasteiger partial charge in [-0.3, -0.25) is 0 Å². The molecule has 4 N–H and O–H groups in total. The maximum atomic E-state index is 8.78.